The molecule has 0 aliphatic rings. The van der Waals surface area contributed by atoms with Gasteiger partial charge in [-0.1, -0.05) is 41.4 Å². The van der Waals surface area contributed by atoms with E-state index in [9.17, 15) is 4.79 Å². The number of ether oxygens (including phenoxy) is 2. The van der Waals surface area contributed by atoms with Crippen LogP contribution in [0, 0.1) is 3.57 Å². The molecule has 1 aromatic heterocycles. The van der Waals surface area contributed by atoms with Crippen LogP contribution in [-0.4, -0.2) is 18.7 Å². The zero-order chi connectivity index (χ0) is 24.1. The second kappa shape index (κ2) is 11.1. The van der Waals surface area contributed by atoms with Crippen LogP contribution in [0.1, 0.15) is 28.6 Å². The maximum absolute atomic E-state index is 12.4. The summed E-state index contributed by atoms with van der Waals surface area (Å²) >= 11 is 14.4. The van der Waals surface area contributed by atoms with Crippen LogP contribution in [0.5, 0.6) is 11.5 Å². The third-order valence-corrected chi connectivity index (χ3v) is 6.15. The average Bonchev–Trinajstić information content (AvgIpc) is 3.23. The normalized spacial score (nSPS) is 11.2. The average molecular weight is 609 g/mol. The number of hydrazone groups is 1. The van der Waals surface area contributed by atoms with Gasteiger partial charge < -0.3 is 13.9 Å². The van der Waals surface area contributed by atoms with Gasteiger partial charge in [-0.05, 0) is 77.5 Å². The van der Waals surface area contributed by atoms with E-state index in [1.165, 1.54) is 6.21 Å². The molecule has 1 heterocycles. The largest absolute Gasteiger partial charge is 0.490 e. The van der Waals surface area contributed by atoms with E-state index in [0.29, 0.717) is 40.3 Å². The van der Waals surface area contributed by atoms with Crippen LogP contribution in [0.25, 0.3) is 11.0 Å². The number of carbonyl (C=O) groups is 1. The van der Waals surface area contributed by atoms with Gasteiger partial charge in [-0.15, -0.1) is 0 Å². The number of nitrogens with zero attached hydrogens (tertiary/aromatic N) is 1. The lowest BCUT2D eigenvalue weighted by Gasteiger charge is -2.15. The number of benzene rings is 3. The van der Waals surface area contributed by atoms with Crippen LogP contribution in [-0.2, 0) is 6.61 Å². The maximum Gasteiger partial charge on any atom is 0.307 e. The Labute approximate surface area is 220 Å². The molecule has 0 fully saturated rings. The van der Waals surface area contributed by atoms with Gasteiger partial charge in [0, 0.05) is 21.0 Å². The van der Waals surface area contributed by atoms with Crippen LogP contribution in [0.2, 0.25) is 10.0 Å². The summed E-state index contributed by atoms with van der Waals surface area (Å²) in [6, 6.07) is 18.0. The Morgan fingerprint density at radius 1 is 1.12 bits per heavy atom. The first-order valence-electron chi connectivity index (χ1n) is 10.3. The van der Waals surface area contributed by atoms with E-state index in [0.717, 1.165) is 20.1 Å². The van der Waals surface area contributed by atoms with Crippen LogP contribution < -0.4 is 14.9 Å². The van der Waals surface area contributed by atoms with Crippen molar-refractivity contribution in [2.45, 2.75) is 13.5 Å². The van der Waals surface area contributed by atoms with E-state index in [4.69, 9.17) is 37.1 Å². The second-order valence-corrected chi connectivity index (χ2v) is 9.14. The van der Waals surface area contributed by atoms with E-state index in [1.54, 1.807) is 30.3 Å². The molecular weight excluding hydrogens is 590 g/mol. The van der Waals surface area contributed by atoms with Crippen LogP contribution in [0.15, 0.2) is 70.2 Å². The summed E-state index contributed by atoms with van der Waals surface area (Å²) in [5, 5.41) is 6.00. The summed E-state index contributed by atoms with van der Waals surface area (Å²) in [7, 11) is 0. The lowest BCUT2D eigenvalue weighted by atomic mass is 10.2. The Balaban J connectivity index is 1.47. The molecule has 174 valence electrons. The molecule has 9 heteroatoms. The standard InChI is InChI=1S/C25H19Cl2IN2O4/c1-2-32-22-10-15(9-20(28)24(22)33-14-16-5-3-4-6-19(16)27)13-29-30-25(31)23-12-17-11-18(26)7-8-21(17)34-23/h3-13H,2,14H2,1H3,(H,30,31)/b29-13+. The van der Waals surface area contributed by atoms with Gasteiger partial charge in [0.15, 0.2) is 17.3 Å². The van der Waals surface area contributed by atoms with E-state index >= 15 is 0 Å². The third-order valence-electron chi connectivity index (χ3n) is 4.74. The number of hydrogen-bond acceptors (Lipinski definition) is 5. The van der Waals surface area contributed by atoms with Gasteiger partial charge >= 0.3 is 5.91 Å². The number of carbonyl (C=O) groups excluding carboxylic acids is 1. The molecule has 6 nitrogen and oxygen atoms in total. The molecule has 0 saturated carbocycles. The molecular formula is C25H19Cl2IN2O4. The van der Waals surface area contributed by atoms with E-state index in [-0.39, 0.29) is 5.76 Å². The molecule has 0 spiro atoms. The van der Waals surface area contributed by atoms with Gasteiger partial charge in [-0.25, -0.2) is 5.43 Å². The zero-order valence-electron chi connectivity index (χ0n) is 18.0. The molecule has 0 saturated heterocycles. The molecule has 1 amide bonds. The molecule has 0 aliphatic carbocycles. The molecule has 34 heavy (non-hydrogen) atoms. The first-order chi connectivity index (χ1) is 16.4. The Kier molecular flexibility index (Phi) is 7.97. The van der Waals surface area contributed by atoms with Crippen molar-refractivity contribution < 1.29 is 18.7 Å². The van der Waals surface area contributed by atoms with Crippen molar-refractivity contribution >= 4 is 68.9 Å². The van der Waals surface area contributed by atoms with Gasteiger partial charge in [0.05, 0.1) is 16.4 Å². The zero-order valence-corrected chi connectivity index (χ0v) is 21.6. The van der Waals surface area contributed by atoms with Crippen LogP contribution in [0.3, 0.4) is 0 Å². The predicted molar refractivity (Wildman–Crippen MR) is 142 cm³/mol. The van der Waals surface area contributed by atoms with Crippen molar-refractivity contribution in [3.63, 3.8) is 0 Å². The minimum absolute atomic E-state index is 0.141. The van der Waals surface area contributed by atoms with E-state index < -0.39 is 5.91 Å². The quantitative estimate of drug-likeness (QED) is 0.132. The number of halogens is 3. The van der Waals surface area contributed by atoms with Gasteiger partial charge in [-0.2, -0.15) is 5.10 Å². The van der Waals surface area contributed by atoms with E-state index in [1.807, 2.05) is 37.3 Å². The van der Waals surface area contributed by atoms with Gasteiger partial charge in [0.1, 0.15) is 12.2 Å². The number of rotatable bonds is 8. The summed E-state index contributed by atoms with van der Waals surface area (Å²) in [5.41, 5.74) is 4.66. The highest BCUT2D eigenvalue weighted by Gasteiger charge is 2.14. The van der Waals surface area contributed by atoms with Crippen molar-refractivity contribution in [2.24, 2.45) is 5.10 Å². The predicted octanol–water partition coefficient (Wildman–Crippen LogP) is 7.09. The highest BCUT2D eigenvalue weighted by Crippen LogP contribution is 2.35. The number of nitrogens with one attached hydrogen (secondary N) is 1. The van der Waals surface area contributed by atoms with Crippen molar-refractivity contribution in [3.05, 3.63) is 91.2 Å². The third kappa shape index (κ3) is 5.84. The first kappa shape index (κ1) is 24.4. The van der Waals surface area contributed by atoms with Crippen LogP contribution in [0.4, 0.5) is 0 Å². The summed E-state index contributed by atoms with van der Waals surface area (Å²) in [6.45, 7) is 2.67. The smallest absolute Gasteiger partial charge is 0.307 e. The van der Waals surface area contributed by atoms with Crippen molar-refractivity contribution in [2.75, 3.05) is 6.61 Å². The lowest BCUT2D eigenvalue weighted by molar-refractivity contribution is 0.0929. The number of amides is 1. The fourth-order valence-electron chi connectivity index (χ4n) is 3.18. The van der Waals surface area contributed by atoms with Crippen molar-refractivity contribution in [1.82, 2.24) is 5.43 Å². The summed E-state index contributed by atoms with van der Waals surface area (Å²) in [4.78, 5) is 12.4. The molecule has 3 aromatic carbocycles. The van der Waals surface area contributed by atoms with E-state index in [2.05, 4.69) is 33.1 Å². The molecule has 0 unspecified atom stereocenters. The Hall–Kier alpha value is -2.75. The first-order valence-corrected chi connectivity index (χ1v) is 12.1. The second-order valence-electron chi connectivity index (χ2n) is 7.14. The lowest BCUT2D eigenvalue weighted by Crippen LogP contribution is -2.16. The number of furan rings is 1. The highest BCUT2D eigenvalue weighted by molar-refractivity contribution is 14.1. The molecule has 1 N–H and O–H groups in total. The molecule has 4 aromatic rings. The minimum atomic E-state index is -0.469. The molecule has 0 bridgehead atoms. The van der Waals surface area contributed by atoms with Gasteiger partial charge in [0.25, 0.3) is 0 Å². The summed E-state index contributed by atoms with van der Waals surface area (Å²) < 4.78 is 18.2. The van der Waals surface area contributed by atoms with Crippen molar-refractivity contribution in [3.8, 4) is 11.5 Å². The molecule has 0 atom stereocenters. The molecule has 0 radical (unpaired) electrons. The monoisotopic (exact) mass is 608 g/mol. The highest BCUT2D eigenvalue weighted by atomic mass is 127. The minimum Gasteiger partial charge on any atom is -0.490 e. The summed E-state index contributed by atoms with van der Waals surface area (Å²) in [5.74, 6) is 0.859. The fraction of sp³-hybridized carbons (Fsp3) is 0.120. The summed E-state index contributed by atoms with van der Waals surface area (Å²) in [6.07, 6.45) is 1.53. The van der Waals surface area contributed by atoms with Crippen LogP contribution >= 0.6 is 45.8 Å². The topological polar surface area (TPSA) is 73.1 Å². The Morgan fingerprint density at radius 2 is 1.94 bits per heavy atom. The van der Waals surface area contributed by atoms with Gasteiger partial charge in [-0.3, -0.25) is 4.79 Å². The molecule has 0 aliphatic heterocycles. The Morgan fingerprint density at radius 3 is 2.74 bits per heavy atom. The number of fused-ring (bicyclic) bond motifs is 1. The maximum atomic E-state index is 12.4. The Bertz CT molecular complexity index is 1370. The fourth-order valence-corrected chi connectivity index (χ4v) is 4.33. The van der Waals surface area contributed by atoms with Crippen molar-refractivity contribution in [1.29, 1.82) is 0 Å². The molecule has 4 rings (SSSR count). The van der Waals surface area contributed by atoms with Gasteiger partial charge in [0.2, 0.25) is 0 Å². The SMILES string of the molecule is CCOc1cc(/C=N/NC(=O)c2cc3cc(Cl)ccc3o2)cc(I)c1OCc1ccccc1Cl. The number of hydrogen-bond donors (Lipinski definition) is 1.